The normalized spacial score (nSPS) is 10.8. The van der Waals surface area contributed by atoms with Crippen LogP contribution in [0.3, 0.4) is 0 Å². The summed E-state index contributed by atoms with van der Waals surface area (Å²) in [6, 6.07) is 14.1. The molecule has 0 spiro atoms. The number of aryl methyl sites for hydroxylation is 1. The highest BCUT2D eigenvalue weighted by atomic mass is 35.5. The van der Waals surface area contributed by atoms with Crippen LogP contribution in [0.5, 0.6) is 0 Å². The number of hydrogen-bond acceptors (Lipinski definition) is 4. The monoisotopic (exact) mass is 502 g/mol. The number of nitrogens with one attached hydrogen (secondary N) is 3. The first-order valence-corrected chi connectivity index (χ1v) is 11.3. The van der Waals surface area contributed by atoms with E-state index in [2.05, 4.69) is 20.9 Å². The van der Waals surface area contributed by atoms with E-state index in [0.29, 0.717) is 32.5 Å². The maximum Gasteiger partial charge on any atom is 0.321 e. The van der Waals surface area contributed by atoms with Crippen LogP contribution in [0.4, 0.5) is 20.0 Å². The highest BCUT2D eigenvalue weighted by Crippen LogP contribution is 2.29. The van der Waals surface area contributed by atoms with E-state index in [1.807, 2.05) is 19.1 Å². The second-order valence-electron chi connectivity index (χ2n) is 7.13. The molecule has 168 valence electrons. The number of carbonyl (C=O) groups is 2. The number of fused-ring (bicyclic) bond motifs is 1. The molecule has 0 aliphatic carbocycles. The van der Waals surface area contributed by atoms with Gasteiger partial charge in [0.05, 0.1) is 20.9 Å². The van der Waals surface area contributed by atoms with Crippen molar-refractivity contribution in [2.45, 2.75) is 13.5 Å². The molecule has 0 saturated heterocycles. The number of hydrogen-bond donors (Lipinski definition) is 3. The number of nitrogens with zero attached hydrogens (tertiary/aromatic N) is 1. The minimum Gasteiger partial charge on any atom is -0.334 e. The molecule has 0 radical (unpaired) electrons. The molecule has 10 heteroatoms. The Morgan fingerprint density at radius 3 is 2.64 bits per heavy atom. The molecular weight excluding hydrogens is 486 g/mol. The third kappa shape index (κ3) is 5.42. The maximum atomic E-state index is 13.8. The van der Waals surface area contributed by atoms with Crippen LogP contribution in [-0.2, 0) is 6.54 Å². The molecule has 3 aromatic carbocycles. The van der Waals surface area contributed by atoms with E-state index < -0.39 is 11.8 Å². The molecule has 3 N–H and O–H groups in total. The zero-order valence-corrected chi connectivity index (χ0v) is 19.5. The Hall–Kier alpha value is -3.20. The van der Waals surface area contributed by atoms with Gasteiger partial charge in [-0.25, -0.2) is 14.2 Å². The fourth-order valence-corrected chi connectivity index (χ4v) is 4.41. The second kappa shape index (κ2) is 9.74. The number of benzene rings is 3. The summed E-state index contributed by atoms with van der Waals surface area (Å²) in [5.41, 5.74) is 2.78. The van der Waals surface area contributed by atoms with Gasteiger partial charge in [-0.1, -0.05) is 52.7 Å². The van der Waals surface area contributed by atoms with Crippen molar-refractivity contribution in [3.63, 3.8) is 0 Å². The van der Waals surface area contributed by atoms with E-state index in [1.54, 1.807) is 30.3 Å². The molecule has 6 nitrogen and oxygen atoms in total. The number of para-hydroxylation sites is 1. The van der Waals surface area contributed by atoms with Crippen molar-refractivity contribution in [1.82, 2.24) is 10.3 Å². The fourth-order valence-electron chi connectivity index (χ4n) is 3.08. The van der Waals surface area contributed by atoms with Crippen molar-refractivity contribution >= 4 is 67.5 Å². The first-order valence-electron chi connectivity index (χ1n) is 9.76. The Kier molecular flexibility index (Phi) is 6.78. The summed E-state index contributed by atoms with van der Waals surface area (Å²) in [4.78, 5) is 29.3. The average Bonchev–Trinajstić information content (AvgIpc) is 3.17. The first-order chi connectivity index (χ1) is 15.8. The summed E-state index contributed by atoms with van der Waals surface area (Å²) in [6.45, 7) is 1.85. The predicted molar refractivity (Wildman–Crippen MR) is 131 cm³/mol. The number of thiazole rings is 1. The van der Waals surface area contributed by atoms with Crippen molar-refractivity contribution in [3.8, 4) is 0 Å². The molecule has 0 unspecified atom stereocenters. The van der Waals surface area contributed by atoms with Crippen LogP contribution in [0.2, 0.25) is 10.0 Å². The quantitative estimate of drug-likeness (QED) is 0.286. The molecule has 0 fully saturated rings. The summed E-state index contributed by atoms with van der Waals surface area (Å²) in [5.74, 6) is -0.806. The van der Waals surface area contributed by atoms with Crippen LogP contribution in [-0.4, -0.2) is 16.9 Å². The molecule has 0 bridgehead atoms. The highest BCUT2D eigenvalue weighted by Gasteiger charge is 2.14. The Morgan fingerprint density at radius 1 is 1.06 bits per heavy atom. The van der Waals surface area contributed by atoms with Crippen LogP contribution in [0.1, 0.15) is 21.5 Å². The molecule has 33 heavy (non-hydrogen) atoms. The summed E-state index contributed by atoms with van der Waals surface area (Å²) in [6.07, 6.45) is 0. The minimum absolute atomic E-state index is 0.00842. The van der Waals surface area contributed by atoms with Crippen molar-refractivity contribution in [3.05, 3.63) is 87.2 Å². The molecule has 4 rings (SSSR count). The topological polar surface area (TPSA) is 83.1 Å². The van der Waals surface area contributed by atoms with Gasteiger partial charge in [-0.05, 0) is 48.9 Å². The lowest BCUT2D eigenvalue weighted by Gasteiger charge is -2.10. The fraction of sp³-hybridized carbons (Fsp3) is 0.0870. The van der Waals surface area contributed by atoms with Crippen molar-refractivity contribution < 1.29 is 14.0 Å². The van der Waals surface area contributed by atoms with E-state index in [9.17, 15) is 14.0 Å². The van der Waals surface area contributed by atoms with Crippen LogP contribution in [0.15, 0.2) is 54.6 Å². The Morgan fingerprint density at radius 2 is 1.88 bits per heavy atom. The van der Waals surface area contributed by atoms with Crippen LogP contribution in [0, 0.1) is 12.7 Å². The molecule has 4 aromatic rings. The summed E-state index contributed by atoms with van der Waals surface area (Å²) in [5, 5.41) is 9.12. The number of carbonyl (C=O) groups excluding carboxylic acids is 2. The number of halogens is 3. The van der Waals surface area contributed by atoms with Gasteiger partial charge in [0.25, 0.3) is 5.91 Å². The summed E-state index contributed by atoms with van der Waals surface area (Å²) >= 11 is 13.1. The third-order valence-electron chi connectivity index (χ3n) is 4.79. The van der Waals surface area contributed by atoms with Gasteiger partial charge in [-0.3, -0.25) is 10.1 Å². The number of aromatic nitrogens is 1. The summed E-state index contributed by atoms with van der Waals surface area (Å²) < 4.78 is 14.6. The number of urea groups is 1. The van der Waals surface area contributed by atoms with Gasteiger partial charge in [0.2, 0.25) is 0 Å². The van der Waals surface area contributed by atoms with Crippen molar-refractivity contribution in [1.29, 1.82) is 0 Å². The zero-order chi connectivity index (χ0) is 23.5. The first kappa shape index (κ1) is 23.0. The van der Waals surface area contributed by atoms with Gasteiger partial charge >= 0.3 is 6.03 Å². The van der Waals surface area contributed by atoms with Gasteiger partial charge < -0.3 is 10.6 Å². The summed E-state index contributed by atoms with van der Waals surface area (Å²) in [7, 11) is 0. The maximum absolute atomic E-state index is 13.8. The molecule has 0 aliphatic rings. The van der Waals surface area contributed by atoms with E-state index in [1.165, 1.54) is 23.5 Å². The van der Waals surface area contributed by atoms with E-state index in [4.69, 9.17) is 23.2 Å². The Balaban J connectivity index is 1.43. The number of rotatable bonds is 5. The minimum atomic E-state index is -0.532. The van der Waals surface area contributed by atoms with E-state index >= 15 is 0 Å². The standard InChI is InChI=1S/C23H17Cl2FN4O2S/c1-12-3-2-4-16(25)20(12)29-21(31)13-6-8-18-19(9-13)33-23(28-18)30-22(32)27-11-14-5-7-15(24)10-17(14)26/h2-10H,11H2,1H3,(H,29,31)(H2,27,28,30,32). The number of anilines is 2. The highest BCUT2D eigenvalue weighted by molar-refractivity contribution is 7.22. The zero-order valence-electron chi connectivity index (χ0n) is 17.2. The smallest absolute Gasteiger partial charge is 0.321 e. The predicted octanol–water partition coefficient (Wildman–Crippen LogP) is 6.62. The molecule has 1 aromatic heterocycles. The lowest BCUT2D eigenvalue weighted by molar-refractivity contribution is 0.102. The largest absolute Gasteiger partial charge is 0.334 e. The van der Waals surface area contributed by atoms with Gasteiger partial charge in [0, 0.05) is 22.7 Å². The van der Waals surface area contributed by atoms with Crippen LogP contribution in [0.25, 0.3) is 10.2 Å². The van der Waals surface area contributed by atoms with Crippen LogP contribution >= 0.6 is 34.5 Å². The van der Waals surface area contributed by atoms with Gasteiger partial charge in [0.1, 0.15) is 5.82 Å². The Bertz CT molecular complexity index is 1360. The van der Waals surface area contributed by atoms with Gasteiger partial charge in [-0.15, -0.1) is 0 Å². The average molecular weight is 503 g/mol. The third-order valence-corrected chi connectivity index (χ3v) is 6.27. The molecule has 3 amide bonds. The second-order valence-corrected chi connectivity index (χ2v) is 9.01. The molecular formula is C23H17Cl2FN4O2S. The molecule has 0 aliphatic heterocycles. The Labute approximate surface area is 202 Å². The van der Waals surface area contributed by atoms with Crippen molar-refractivity contribution in [2.75, 3.05) is 10.6 Å². The van der Waals surface area contributed by atoms with Crippen molar-refractivity contribution in [2.24, 2.45) is 0 Å². The van der Waals surface area contributed by atoms with E-state index in [0.717, 1.165) is 10.3 Å². The van der Waals surface area contributed by atoms with E-state index in [-0.39, 0.29) is 17.5 Å². The SMILES string of the molecule is Cc1cccc(Cl)c1NC(=O)c1ccc2nc(NC(=O)NCc3ccc(Cl)cc3F)sc2c1. The molecule has 0 atom stereocenters. The van der Waals surface area contributed by atoms with Crippen LogP contribution < -0.4 is 16.0 Å². The molecule has 0 saturated carbocycles. The van der Waals surface area contributed by atoms with Gasteiger partial charge in [0.15, 0.2) is 5.13 Å². The van der Waals surface area contributed by atoms with Gasteiger partial charge in [-0.2, -0.15) is 0 Å². The molecule has 1 heterocycles. The lowest BCUT2D eigenvalue weighted by Crippen LogP contribution is -2.28. The lowest BCUT2D eigenvalue weighted by atomic mass is 10.1. The number of amides is 3.